The minimum Gasteiger partial charge on any atom is -0.410 e. The van der Waals surface area contributed by atoms with Crippen molar-refractivity contribution in [2.24, 2.45) is 0 Å². The van der Waals surface area contributed by atoms with Crippen molar-refractivity contribution in [1.82, 2.24) is 10.2 Å². The third-order valence-corrected chi connectivity index (χ3v) is 2.94. The van der Waals surface area contributed by atoms with Gasteiger partial charge < -0.3 is 4.42 Å². The Bertz CT molecular complexity index is 676. The molecule has 0 unspecified atom stereocenters. The number of nitrogens with zero attached hydrogens (tertiary/aromatic N) is 3. The van der Waals surface area contributed by atoms with Gasteiger partial charge in [0.2, 0.25) is 6.39 Å². The van der Waals surface area contributed by atoms with Gasteiger partial charge >= 0.3 is 6.01 Å². The molecule has 0 amide bonds. The Morgan fingerprint density at radius 1 is 0.950 bits per heavy atom. The van der Waals surface area contributed by atoms with E-state index in [1.807, 2.05) is 65.6 Å². The largest absolute Gasteiger partial charge is 0.410 e. The summed E-state index contributed by atoms with van der Waals surface area (Å²) in [6, 6.07) is 18.3. The monoisotopic (exact) mass is 263 g/mol. The van der Waals surface area contributed by atoms with Crippen LogP contribution in [0.25, 0.3) is 6.08 Å². The van der Waals surface area contributed by atoms with Crippen LogP contribution in [0.3, 0.4) is 0 Å². The smallest absolute Gasteiger partial charge is 0.327 e. The van der Waals surface area contributed by atoms with E-state index in [0.717, 1.165) is 16.9 Å². The number of para-hydroxylation sites is 1. The van der Waals surface area contributed by atoms with Gasteiger partial charge in [0.15, 0.2) is 0 Å². The fourth-order valence-electron chi connectivity index (χ4n) is 1.97. The molecule has 4 heteroatoms. The van der Waals surface area contributed by atoms with Gasteiger partial charge in [-0.1, -0.05) is 48.1 Å². The lowest BCUT2D eigenvalue weighted by atomic mass is 10.2. The summed E-state index contributed by atoms with van der Waals surface area (Å²) >= 11 is 0. The quantitative estimate of drug-likeness (QED) is 0.708. The van der Waals surface area contributed by atoms with Crippen molar-refractivity contribution < 1.29 is 4.42 Å². The zero-order valence-electron chi connectivity index (χ0n) is 10.8. The summed E-state index contributed by atoms with van der Waals surface area (Å²) in [5.41, 5.74) is 2.97. The first kappa shape index (κ1) is 12.2. The van der Waals surface area contributed by atoms with Crippen LogP contribution < -0.4 is 4.90 Å². The van der Waals surface area contributed by atoms with Gasteiger partial charge in [0.05, 0.1) is 11.4 Å². The van der Waals surface area contributed by atoms with E-state index >= 15 is 0 Å². The number of anilines is 3. The van der Waals surface area contributed by atoms with Crippen molar-refractivity contribution in [2.75, 3.05) is 4.90 Å². The molecule has 2 aromatic carbocycles. The second kappa shape index (κ2) is 5.40. The Balaban J connectivity index is 2.07. The summed E-state index contributed by atoms with van der Waals surface area (Å²) in [4.78, 5) is 1.90. The molecule has 0 spiro atoms. The molecule has 0 atom stereocenters. The fraction of sp³-hybridized carbons (Fsp3) is 0. The summed E-state index contributed by atoms with van der Waals surface area (Å²) in [6.45, 7) is 3.76. The third kappa shape index (κ3) is 2.31. The maximum atomic E-state index is 5.34. The average molecular weight is 263 g/mol. The van der Waals surface area contributed by atoms with Crippen molar-refractivity contribution in [1.29, 1.82) is 0 Å². The fourth-order valence-corrected chi connectivity index (χ4v) is 1.97. The Morgan fingerprint density at radius 2 is 1.65 bits per heavy atom. The van der Waals surface area contributed by atoms with Crippen molar-refractivity contribution >= 4 is 23.5 Å². The number of hydrogen-bond donors (Lipinski definition) is 0. The molecule has 0 aliphatic heterocycles. The Hall–Kier alpha value is -2.88. The highest BCUT2D eigenvalue weighted by Gasteiger charge is 2.16. The van der Waals surface area contributed by atoms with Gasteiger partial charge in [0.25, 0.3) is 0 Å². The van der Waals surface area contributed by atoms with Crippen LogP contribution in [0.4, 0.5) is 17.4 Å². The van der Waals surface area contributed by atoms with Crippen LogP contribution in [0.5, 0.6) is 0 Å². The molecule has 0 N–H and O–H groups in total. The third-order valence-electron chi connectivity index (χ3n) is 2.94. The number of benzene rings is 2. The zero-order chi connectivity index (χ0) is 13.8. The lowest BCUT2D eigenvalue weighted by Gasteiger charge is -2.20. The van der Waals surface area contributed by atoms with E-state index in [1.165, 1.54) is 6.39 Å². The van der Waals surface area contributed by atoms with Gasteiger partial charge in [-0.2, -0.15) is 0 Å². The van der Waals surface area contributed by atoms with E-state index in [0.29, 0.717) is 6.01 Å². The highest BCUT2D eigenvalue weighted by molar-refractivity contribution is 5.72. The van der Waals surface area contributed by atoms with Gasteiger partial charge in [-0.15, -0.1) is 5.10 Å². The maximum absolute atomic E-state index is 5.34. The SMILES string of the molecule is C=Cc1ccc(N(c2ccccc2)c2nnco2)cc1. The molecule has 3 aromatic rings. The summed E-state index contributed by atoms with van der Waals surface area (Å²) in [5.74, 6) is 0. The summed E-state index contributed by atoms with van der Waals surface area (Å²) < 4.78 is 5.34. The first-order chi connectivity index (χ1) is 9.88. The van der Waals surface area contributed by atoms with E-state index in [-0.39, 0.29) is 0 Å². The normalized spacial score (nSPS) is 10.2. The first-order valence-corrected chi connectivity index (χ1v) is 6.22. The van der Waals surface area contributed by atoms with Crippen LogP contribution in [0.15, 0.2) is 72.0 Å². The molecule has 4 nitrogen and oxygen atoms in total. The molecule has 0 radical (unpaired) electrons. The second-order valence-corrected chi connectivity index (χ2v) is 4.19. The predicted molar refractivity (Wildman–Crippen MR) is 79.1 cm³/mol. The molecule has 1 aromatic heterocycles. The van der Waals surface area contributed by atoms with Crippen molar-refractivity contribution in [3.05, 3.63) is 73.1 Å². The standard InChI is InChI=1S/C16H13N3O/c1-2-13-8-10-15(11-9-13)19(16-18-17-12-20-16)14-6-4-3-5-7-14/h2-12H,1H2. The number of aromatic nitrogens is 2. The van der Waals surface area contributed by atoms with Crippen LogP contribution in [0, 0.1) is 0 Å². The van der Waals surface area contributed by atoms with Crippen LogP contribution in [0.2, 0.25) is 0 Å². The Labute approximate surface area is 117 Å². The second-order valence-electron chi connectivity index (χ2n) is 4.19. The van der Waals surface area contributed by atoms with E-state index in [4.69, 9.17) is 4.42 Å². The molecule has 0 aliphatic carbocycles. The molecule has 0 aliphatic rings. The molecule has 98 valence electrons. The van der Waals surface area contributed by atoms with Gasteiger partial charge in [0.1, 0.15) is 0 Å². The number of rotatable bonds is 4. The van der Waals surface area contributed by atoms with E-state index in [1.54, 1.807) is 0 Å². The molecule has 3 rings (SSSR count). The topological polar surface area (TPSA) is 42.2 Å². The van der Waals surface area contributed by atoms with Crippen molar-refractivity contribution in [3.63, 3.8) is 0 Å². The lowest BCUT2D eigenvalue weighted by molar-refractivity contribution is 0.560. The average Bonchev–Trinajstić information content (AvgIpc) is 3.03. The van der Waals surface area contributed by atoms with Crippen molar-refractivity contribution in [2.45, 2.75) is 0 Å². The number of hydrogen-bond acceptors (Lipinski definition) is 4. The molecule has 0 fully saturated rings. The van der Waals surface area contributed by atoms with Gasteiger partial charge in [0, 0.05) is 0 Å². The molecule has 1 heterocycles. The first-order valence-electron chi connectivity index (χ1n) is 6.22. The van der Waals surface area contributed by atoms with Gasteiger partial charge in [-0.25, -0.2) is 0 Å². The summed E-state index contributed by atoms with van der Waals surface area (Å²) in [7, 11) is 0. The van der Waals surface area contributed by atoms with Crippen LogP contribution in [-0.2, 0) is 0 Å². The molecular weight excluding hydrogens is 250 g/mol. The Morgan fingerprint density at radius 3 is 2.25 bits per heavy atom. The maximum Gasteiger partial charge on any atom is 0.327 e. The predicted octanol–water partition coefficient (Wildman–Crippen LogP) is 4.18. The Kier molecular flexibility index (Phi) is 3.29. The van der Waals surface area contributed by atoms with Crippen LogP contribution >= 0.6 is 0 Å². The molecule has 0 saturated carbocycles. The highest BCUT2D eigenvalue weighted by atomic mass is 16.4. The van der Waals surface area contributed by atoms with Gasteiger partial charge in [-0.05, 0) is 29.8 Å². The minimum absolute atomic E-state index is 0.433. The zero-order valence-corrected chi connectivity index (χ0v) is 10.8. The van der Waals surface area contributed by atoms with Crippen molar-refractivity contribution in [3.8, 4) is 0 Å². The van der Waals surface area contributed by atoms with Crippen LogP contribution in [0.1, 0.15) is 5.56 Å². The van der Waals surface area contributed by atoms with E-state index < -0.39 is 0 Å². The summed E-state index contributed by atoms with van der Waals surface area (Å²) in [6.07, 6.45) is 3.13. The summed E-state index contributed by atoms with van der Waals surface area (Å²) in [5, 5.41) is 7.75. The molecule has 0 bridgehead atoms. The molecular formula is C16H13N3O. The highest BCUT2D eigenvalue weighted by Crippen LogP contribution is 2.32. The van der Waals surface area contributed by atoms with Gasteiger partial charge in [-0.3, -0.25) is 4.90 Å². The van der Waals surface area contributed by atoms with E-state index in [2.05, 4.69) is 16.8 Å². The molecule has 20 heavy (non-hydrogen) atoms. The molecule has 0 saturated heterocycles. The van der Waals surface area contributed by atoms with Crippen LogP contribution in [-0.4, -0.2) is 10.2 Å². The minimum atomic E-state index is 0.433. The van der Waals surface area contributed by atoms with E-state index in [9.17, 15) is 0 Å². The lowest BCUT2D eigenvalue weighted by Crippen LogP contribution is -2.10.